The molecule has 0 nitrogen and oxygen atoms in total. The van der Waals surface area contributed by atoms with E-state index in [-0.39, 0.29) is 0 Å². The zero-order chi connectivity index (χ0) is 7.49. The van der Waals surface area contributed by atoms with Gasteiger partial charge in [0.1, 0.15) is 0 Å². The van der Waals surface area contributed by atoms with Crippen LogP contribution in [0.3, 0.4) is 0 Å². The lowest BCUT2D eigenvalue weighted by Gasteiger charge is -2.24. The van der Waals surface area contributed by atoms with Crippen molar-refractivity contribution in [3.05, 3.63) is 0 Å². The highest BCUT2D eigenvalue weighted by atomic mass is 127. The van der Waals surface area contributed by atoms with Gasteiger partial charge in [0.05, 0.1) is 0 Å². The smallest absolute Gasteiger partial charge is 0.0191 e. The largest absolute Gasteiger partial charge is 0.0792 e. The van der Waals surface area contributed by atoms with Gasteiger partial charge in [0, 0.05) is 3.42 Å². The van der Waals surface area contributed by atoms with E-state index in [1.165, 1.54) is 12.8 Å². The van der Waals surface area contributed by atoms with Gasteiger partial charge in [-0.15, -0.1) is 0 Å². The van der Waals surface area contributed by atoms with E-state index in [2.05, 4.69) is 50.3 Å². The number of halogens is 1. The maximum absolute atomic E-state index is 2.53. The standard InChI is InChI=1S/C8H17I/c1-5-6-7(2)8(3,4)9/h7H,5-6H2,1-4H3. The van der Waals surface area contributed by atoms with Crippen molar-refractivity contribution in [2.75, 3.05) is 0 Å². The van der Waals surface area contributed by atoms with Crippen LogP contribution in [0.25, 0.3) is 0 Å². The summed E-state index contributed by atoms with van der Waals surface area (Å²) in [4.78, 5) is 0. The summed E-state index contributed by atoms with van der Waals surface area (Å²) in [6, 6.07) is 0. The third kappa shape index (κ3) is 4.18. The van der Waals surface area contributed by atoms with Crippen LogP contribution < -0.4 is 0 Å². The number of hydrogen-bond acceptors (Lipinski definition) is 0. The van der Waals surface area contributed by atoms with Crippen LogP contribution in [-0.2, 0) is 0 Å². The zero-order valence-corrected chi connectivity index (χ0v) is 9.03. The van der Waals surface area contributed by atoms with Crippen LogP contribution in [0, 0.1) is 5.92 Å². The fourth-order valence-corrected chi connectivity index (χ4v) is 1.09. The van der Waals surface area contributed by atoms with Crippen molar-refractivity contribution in [1.82, 2.24) is 0 Å². The third-order valence-electron chi connectivity index (χ3n) is 1.89. The molecule has 1 heteroatoms. The molecule has 0 aromatic carbocycles. The quantitative estimate of drug-likeness (QED) is 0.522. The van der Waals surface area contributed by atoms with E-state index in [0.29, 0.717) is 3.42 Å². The van der Waals surface area contributed by atoms with E-state index in [0.717, 1.165) is 5.92 Å². The first-order valence-corrected chi connectivity index (χ1v) is 4.75. The van der Waals surface area contributed by atoms with Gasteiger partial charge in [0.15, 0.2) is 0 Å². The molecule has 0 saturated heterocycles. The molecule has 1 atom stereocenters. The Morgan fingerprint density at radius 3 is 2.00 bits per heavy atom. The Balaban J connectivity index is 3.59. The molecular formula is C8H17I. The Morgan fingerprint density at radius 2 is 1.89 bits per heavy atom. The molecule has 0 aromatic heterocycles. The summed E-state index contributed by atoms with van der Waals surface area (Å²) in [7, 11) is 0. The molecule has 9 heavy (non-hydrogen) atoms. The Bertz CT molecular complexity index is 71.1. The van der Waals surface area contributed by atoms with Crippen LogP contribution >= 0.6 is 22.6 Å². The Labute approximate surface area is 72.6 Å². The SMILES string of the molecule is CCCC(C)C(C)(C)I. The number of alkyl halides is 1. The molecule has 0 amide bonds. The van der Waals surface area contributed by atoms with Crippen molar-refractivity contribution in [2.45, 2.75) is 44.0 Å². The molecule has 0 aliphatic heterocycles. The van der Waals surface area contributed by atoms with Gasteiger partial charge in [-0.05, 0) is 12.3 Å². The van der Waals surface area contributed by atoms with Gasteiger partial charge in [0.25, 0.3) is 0 Å². The fourth-order valence-electron chi connectivity index (χ4n) is 0.776. The normalized spacial score (nSPS) is 15.7. The van der Waals surface area contributed by atoms with E-state index >= 15 is 0 Å². The van der Waals surface area contributed by atoms with E-state index in [9.17, 15) is 0 Å². The first kappa shape index (κ1) is 9.73. The van der Waals surface area contributed by atoms with Gasteiger partial charge in [-0.2, -0.15) is 0 Å². The topological polar surface area (TPSA) is 0 Å². The summed E-state index contributed by atoms with van der Waals surface area (Å²) >= 11 is 2.53. The first-order valence-electron chi connectivity index (χ1n) is 3.67. The molecular weight excluding hydrogens is 223 g/mol. The summed E-state index contributed by atoms with van der Waals surface area (Å²) < 4.78 is 0.480. The van der Waals surface area contributed by atoms with E-state index in [1.54, 1.807) is 0 Å². The first-order chi connectivity index (χ1) is 3.98. The van der Waals surface area contributed by atoms with Crippen LogP contribution in [0.5, 0.6) is 0 Å². The minimum absolute atomic E-state index is 0.480. The summed E-state index contributed by atoms with van der Waals surface area (Å²) in [5, 5.41) is 0. The molecule has 0 N–H and O–H groups in total. The molecule has 0 aliphatic carbocycles. The molecule has 0 fully saturated rings. The van der Waals surface area contributed by atoms with Gasteiger partial charge in [-0.3, -0.25) is 0 Å². The minimum atomic E-state index is 0.480. The van der Waals surface area contributed by atoms with E-state index in [1.807, 2.05) is 0 Å². The van der Waals surface area contributed by atoms with Crippen molar-refractivity contribution >= 4 is 22.6 Å². The Kier molecular flexibility index (Phi) is 4.10. The van der Waals surface area contributed by atoms with Gasteiger partial charge in [-0.1, -0.05) is 56.7 Å². The lowest BCUT2D eigenvalue weighted by atomic mass is 9.94. The molecule has 0 radical (unpaired) electrons. The number of hydrogen-bond donors (Lipinski definition) is 0. The molecule has 0 saturated carbocycles. The molecule has 0 spiro atoms. The van der Waals surface area contributed by atoms with Crippen LogP contribution in [0.4, 0.5) is 0 Å². The highest BCUT2D eigenvalue weighted by molar-refractivity contribution is 14.1. The van der Waals surface area contributed by atoms with Gasteiger partial charge in [0.2, 0.25) is 0 Å². The predicted octanol–water partition coefficient (Wildman–Crippen LogP) is 3.64. The van der Waals surface area contributed by atoms with Crippen molar-refractivity contribution in [3.63, 3.8) is 0 Å². The van der Waals surface area contributed by atoms with Crippen molar-refractivity contribution < 1.29 is 0 Å². The minimum Gasteiger partial charge on any atom is -0.0792 e. The maximum atomic E-state index is 2.53. The summed E-state index contributed by atoms with van der Waals surface area (Å²) in [5.41, 5.74) is 0. The van der Waals surface area contributed by atoms with Gasteiger partial charge in [-0.25, -0.2) is 0 Å². The monoisotopic (exact) mass is 240 g/mol. The van der Waals surface area contributed by atoms with E-state index in [4.69, 9.17) is 0 Å². The summed E-state index contributed by atoms with van der Waals surface area (Å²) in [5.74, 6) is 0.850. The van der Waals surface area contributed by atoms with Crippen LogP contribution in [0.15, 0.2) is 0 Å². The third-order valence-corrected chi connectivity index (χ3v) is 2.96. The average Bonchev–Trinajstić information content (AvgIpc) is 1.64. The van der Waals surface area contributed by atoms with Crippen LogP contribution in [-0.4, -0.2) is 3.42 Å². The zero-order valence-electron chi connectivity index (χ0n) is 6.87. The Hall–Kier alpha value is 0.730. The molecule has 0 bridgehead atoms. The van der Waals surface area contributed by atoms with Crippen LogP contribution in [0.1, 0.15) is 40.5 Å². The highest BCUT2D eigenvalue weighted by Crippen LogP contribution is 2.29. The van der Waals surface area contributed by atoms with Crippen LogP contribution in [0.2, 0.25) is 0 Å². The highest BCUT2D eigenvalue weighted by Gasteiger charge is 2.20. The number of rotatable bonds is 3. The second-order valence-electron chi connectivity index (χ2n) is 3.25. The van der Waals surface area contributed by atoms with Crippen molar-refractivity contribution in [2.24, 2.45) is 5.92 Å². The molecule has 0 aromatic rings. The van der Waals surface area contributed by atoms with Crippen molar-refractivity contribution in [1.29, 1.82) is 0 Å². The maximum Gasteiger partial charge on any atom is 0.0191 e. The van der Waals surface area contributed by atoms with Gasteiger partial charge < -0.3 is 0 Å². The Morgan fingerprint density at radius 1 is 1.44 bits per heavy atom. The fraction of sp³-hybridized carbons (Fsp3) is 1.00. The molecule has 0 aliphatic rings. The average molecular weight is 240 g/mol. The summed E-state index contributed by atoms with van der Waals surface area (Å²) in [6.45, 7) is 9.18. The predicted molar refractivity (Wildman–Crippen MR) is 52.2 cm³/mol. The lowest BCUT2D eigenvalue weighted by molar-refractivity contribution is 0.444. The lowest BCUT2D eigenvalue weighted by Crippen LogP contribution is -2.20. The second-order valence-corrected chi connectivity index (χ2v) is 6.03. The molecule has 56 valence electrons. The second kappa shape index (κ2) is 3.79. The summed E-state index contributed by atoms with van der Waals surface area (Å²) in [6.07, 6.45) is 2.67. The van der Waals surface area contributed by atoms with E-state index < -0.39 is 0 Å². The van der Waals surface area contributed by atoms with Crippen molar-refractivity contribution in [3.8, 4) is 0 Å². The molecule has 0 rings (SSSR count). The molecule has 1 unspecified atom stereocenters. The van der Waals surface area contributed by atoms with Gasteiger partial charge >= 0.3 is 0 Å². The molecule has 0 heterocycles.